The molecule has 1 aromatic rings. The van der Waals surface area contributed by atoms with Gasteiger partial charge in [-0.3, -0.25) is 9.59 Å². The first-order valence-electron chi connectivity index (χ1n) is 5.80. The summed E-state index contributed by atoms with van der Waals surface area (Å²) in [6, 6.07) is 8.76. The van der Waals surface area contributed by atoms with Gasteiger partial charge in [0.2, 0.25) is 5.91 Å². The SMILES string of the molecule is C[C@H](CNC(=O)[C@H](N)CC(=O)O)c1ccccc1. The van der Waals surface area contributed by atoms with Crippen LogP contribution in [0, 0.1) is 0 Å². The number of nitrogens with one attached hydrogen (secondary N) is 1. The van der Waals surface area contributed by atoms with Crippen LogP contribution in [-0.4, -0.2) is 29.6 Å². The van der Waals surface area contributed by atoms with Crippen molar-refractivity contribution in [2.45, 2.75) is 25.3 Å². The fraction of sp³-hybridized carbons (Fsp3) is 0.385. The van der Waals surface area contributed by atoms with Crippen LogP contribution < -0.4 is 11.1 Å². The van der Waals surface area contributed by atoms with Gasteiger partial charge >= 0.3 is 5.97 Å². The zero-order valence-electron chi connectivity index (χ0n) is 10.3. The standard InChI is InChI=1S/C13H18N2O3/c1-9(10-5-3-2-4-6-10)8-15-13(18)11(14)7-12(16)17/h2-6,9,11H,7-8,14H2,1H3,(H,15,18)(H,16,17)/t9-,11-/m1/s1. The quantitative estimate of drug-likeness (QED) is 0.693. The van der Waals surface area contributed by atoms with Crippen LogP contribution >= 0.6 is 0 Å². The molecule has 0 saturated carbocycles. The summed E-state index contributed by atoms with van der Waals surface area (Å²) in [5, 5.41) is 11.2. The monoisotopic (exact) mass is 250 g/mol. The summed E-state index contributed by atoms with van der Waals surface area (Å²) in [4.78, 5) is 21.9. The first-order valence-corrected chi connectivity index (χ1v) is 5.80. The van der Waals surface area contributed by atoms with Crippen molar-refractivity contribution in [3.05, 3.63) is 35.9 Å². The van der Waals surface area contributed by atoms with E-state index >= 15 is 0 Å². The molecule has 0 aliphatic rings. The molecule has 18 heavy (non-hydrogen) atoms. The van der Waals surface area contributed by atoms with Gasteiger partial charge in [-0.05, 0) is 11.5 Å². The molecule has 0 fully saturated rings. The molecule has 1 rings (SSSR count). The van der Waals surface area contributed by atoms with Crippen LogP contribution in [0.1, 0.15) is 24.8 Å². The number of carbonyl (C=O) groups is 2. The van der Waals surface area contributed by atoms with Gasteiger partial charge in [-0.1, -0.05) is 37.3 Å². The fourth-order valence-corrected chi connectivity index (χ4v) is 1.57. The molecule has 5 nitrogen and oxygen atoms in total. The molecule has 5 heteroatoms. The molecule has 0 unspecified atom stereocenters. The lowest BCUT2D eigenvalue weighted by atomic mass is 10.0. The number of carbonyl (C=O) groups excluding carboxylic acids is 1. The molecule has 4 N–H and O–H groups in total. The maximum absolute atomic E-state index is 11.5. The molecule has 0 aromatic heterocycles. The van der Waals surface area contributed by atoms with Gasteiger partial charge in [-0.2, -0.15) is 0 Å². The highest BCUT2D eigenvalue weighted by atomic mass is 16.4. The number of hydrogen-bond donors (Lipinski definition) is 3. The molecule has 0 bridgehead atoms. The normalized spacial score (nSPS) is 13.7. The smallest absolute Gasteiger partial charge is 0.305 e. The summed E-state index contributed by atoms with van der Waals surface area (Å²) >= 11 is 0. The topological polar surface area (TPSA) is 92.4 Å². The molecule has 1 amide bonds. The lowest BCUT2D eigenvalue weighted by Crippen LogP contribution is -2.43. The zero-order valence-corrected chi connectivity index (χ0v) is 10.3. The maximum atomic E-state index is 11.5. The average molecular weight is 250 g/mol. The number of nitrogens with two attached hydrogens (primary N) is 1. The van der Waals surface area contributed by atoms with Gasteiger partial charge in [-0.25, -0.2) is 0 Å². The molecular weight excluding hydrogens is 232 g/mol. The molecule has 0 heterocycles. The van der Waals surface area contributed by atoms with Crippen LogP contribution in [0.2, 0.25) is 0 Å². The predicted molar refractivity (Wildman–Crippen MR) is 68.1 cm³/mol. The Hall–Kier alpha value is -1.88. The predicted octanol–water partition coefficient (Wildman–Crippen LogP) is 0.708. The first kappa shape index (κ1) is 14.2. The van der Waals surface area contributed by atoms with Crippen molar-refractivity contribution in [2.75, 3.05) is 6.54 Å². The Morgan fingerprint density at radius 2 is 1.94 bits per heavy atom. The van der Waals surface area contributed by atoms with Crippen molar-refractivity contribution in [1.29, 1.82) is 0 Å². The van der Waals surface area contributed by atoms with Crippen molar-refractivity contribution >= 4 is 11.9 Å². The van der Waals surface area contributed by atoms with Crippen LogP contribution in [-0.2, 0) is 9.59 Å². The minimum absolute atomic E-state index is 0.159. The lowest BCUT2D eigenvalue weighted by Gasteiger charge is -2.15. The number of rotatable bonds is 6. The van der Waals surface area contributed by atoms with E-state index in [1.807, 2.05) is 37.3 Å². The minimum Gasteiger partial charge on any atom is -0.481 e. The van der Waals surface area contributed by atoms with Gasteiger partial charge in [0.15, 0.2) is 0 Å². The highest BCUT2D eigenvalue weighted by Gasteiger charge is 2.17. The number of carboxylic acid groups (broad SMARTS) is 1. The van der Waals surface area contributed by atoms with E-state index in [2.05, 4.69) is 5.32 Å². The molecule has 0 aliphatic heterocycles. The van der Waals surface area contributed by atoms with E-state index in [0.717, 1.165) is 5.56 Å². The summed E-state index contributed by atoms with van der Waals surface area (Å²) in [7, 11) is 0. The van der Waals surface area contributed by atoms with Crippen LogP contribution in [0.25, 0.3) is 0 Å². The van der Waals surface area contributed by atoms with Crippen LogP contribution in [0.3, 0.4) is 0 Å². The molecular formula is C13H18N2O3. The lowest BCUT2D eigenvalue weighted by molar-refractivity contribution is -0.139. The highest BCUT2D eigenvalue weighted by molar-refractivity contribution is 5.85. The van der Waals surface area contributed by atoms with Gasteiger partial charge in [0.05, 0.1) is 12.5 Å². The van der Waals surface area contributed by atoms with Crippen molar-refractivity contribution in [3.8, 4) is 0 Å². The van der Waals surface area contributed by atoms with E-state index < -0.39 is 17.9 Å². The Labute approximate surface area is 106 Å². The Bertz CT molecular complexity index is 406. The minimum atomic E-state index is -1.08. The first-order chi connectivity index (χ1) is 8.50. The number of amides is 1. The molecule has 0 spiro atoms. The van der Waals surface area contributed by atoms with E-state index in [-0.39, 0.29) is 12.3 Å². The number of benzene rings is 1. The van der Waals surface area contributed by atoms with E-state index in [0.29, 0.717) is 6.54 Å². The second kappa shape index (κ2) is 6.76. The summed E-state index contributed by atoms with van der Waals surface area (Å²) in [5.74, 6) is -1.35. The third-order valence-corrected chi connectivity index (χ3v) is 2.68. The summed E-state index contributed by atoms with van der Waals surface area (Å²) in [6.07, 6.45) is -0.356. The Kier molecular flexibility index (Phi) is 5.32. The van der Waals surface area contributed by atoms with Gasteiger partial charge in [-0.15, -0.1) is 0 Å². The summed E-state index contributed by atoms with van der Waals surface area (Å²) < 4.78 is 0. The van der Waals surface area contributed by atoms with Crippen molar-refractivity contribution in [1.82, 2.24) is 5.32 Å². The Morgan fingerprint density at radius 3 is 2.50 bits per heavy atom. The maximum Gasteiger partial charge on any atom is 0.305 e. The van der Waals surface area contributed by atoms with Crippen LogP contribution in [0.5, 0.6) is 0 Å². The fourth-order valence-electron chi connectivity index (χ4n) is 1.57. The molecule has 98 valence electrons. The summed E-state index contributed by atoms with van der Waals surface area (Å²) in [6.45, 7) is 2.43. The number of hydrogen-bond acceptors (Lipinski definition) is 3. The zero-order chi connectivity index (χ0) is 13.5. The van der Waals surface area contributed by atoms with Crippen molar-refractivity contribution in [2.24, 2.45) is 5.73 Å². The molecule has 2 atom stereocenters. The highest BCUT2D eigenvalue weighted by Crippen LogP contribution is 2.12. The molecule has 0 saturated heterocycles. The van der Waals surface area contributed by atoms with Gasteiger partial charge in [0.1, 0.15) is 0 Å². The second-order valence-electron chi connectivity index (χ2n) is 4.26. The van der Waals surface area contributed by atoms with Gasteiger partial charge in [0, 0.05) is 6.54 Å². The molecule has 0 aliphatic carbocycles. The number of carboxylic acids is 1. The third-order valence-electron chi connectivity index (χ3n) is 2.68. The van der Waals surface area contributed by atoms with E-state index in [4.69, 9.17) is 10.8 Å². The van der Waals surface area contributed by atoms with E-state index in [1.54, 1.807) is 0 Å². The van der Waals surface area contributed by atoms with Crippen LogP contribution in [0.4, 0.5) is 0 Å². The molecule has 0 radical (unpaired) electrons. The van der Waals surface area contributed by atoms with Crippen LogP contribution in [0.15, 0.2) is 30.3 Å². The van der Waals surface area contributed by atoms with E-state index in [1.165, 1.54) is 0 Å². The number of aliphatic carboxylic acids is 1. The van der Waals surface area contributed by atoms with Crippen molar-refractivity contribution in [3.63, 3.8) is 0 Å². The Balaban J connectivity index is 2.41. The second-order valence-corrected chi connectivity index (χ2v) is 4.26. The Morgan fingerprint density at radius 1 is 1.33 bits per heavy atom. The average Bonchev–Trinajstić information content (AvgIpc) is 2.35. The van der Waals surface area contributed by atoms with Crippen molar-refractivity contribution < 1.29 is 14.7 Å². The summed E-state index contributed by atoms with van der Waals surface area (Å²) in [5.41, 5.74) is 6.57. The largest absolute Gasteiger partial charge is 0.481 e. The molecule has 1 aromatic carbocycles. The van der Waals surface area contributed by atoms with E-state index in [9.17, 15) is 9.59 Å². The third kappa shape index (κ3) is 4.55. The van der Waals surface area contributed by atoms with Gasteiger partial charge < -0.3 is 16.2 Å². The van der Waals surface area contributed by atoms with Gasteiger partial charge in [0.25, 0.3) is 0 Å².